The monoisotopic (exact) mass is 254 g/mol. The van der Waals surface area contributed by atoms with E-state index in [0.717, 1.165) is 11.1 Å². The maximum Gasteiger partial charge on any atom is 0.240 e. The van der Waals surface area contributed by atoms with Crippen LogP contribution in [0, 0.1) is 6.92 Å². The highest BCUT2D eigenvalue weighted by Crippen LogP contribution is 2.16. The Morgan fingerprint density at radius 2 is 2.06 bits per heavy atom. The molecule has 0 heterocycles. The van der Waals surface area contributed by atoms with E-state index >= 15 is 0 Å². The zero-order valence-electron chi connectivity index (χ0n) is 10.3. The maximum absolute atomic E-state index is 11.9. The molecule has 3 N–H and O–H groups in total. The van der Waals surface area contributed by atoms with Gasteiger partial charge in [-0.3, -0.25) is 0 Å². The van der Waals surface area contributed by atoms with Gasteiger partial charge in [0.15, 0.2) is 0 Å². The molecule has 0 saturated heterocycles. The Kier molecular flexibility index (Phi) is 4.31. The van der Waals surface area contributed by atoms with E-state index in [1.54, 1.807) is 12.1 Å². The summed E-state index contributed by atoms with van der Waals surface area (Å²) in [7, 11) is -3.47. The summed E-state index contributed by atoms with van der Waals surface area (Å²) in [6.45, 7) is 5.96. The summed E-state index contributed by atoms with van der Waals surface area (Å²) in [6.07, 6.45) is 1.81. The van der Waals surface area contributed by atoms with Gasteiger partial charge in [-0.15, -0.1) is 0 Å². The third kappa shape index (κ3) is 3.87. The highest BCUT2D eigenvalue weighted by molar-refractivity contribution is 7.89. The smallest absolute Gasteiger partial charge is 0.240 e. The Hall–Kier alpha value is -1.33. The van der Waals surface area contributed by atoms with Crippen LogP contribution in [0.3, 0.4) is 0 Å². The topological polar surface area (TPSA) is 72.2 Å². The number of sulfonamides is 1. The first-order chi connectivity index (χ1) is 7.83. The van der Waals surface area contributed by atoms with Crippen LogP contribution in [0.4, 0.5) is 5.69 Å². The number of nitrogens with one attached hydrogen (secondary N) is 1. The van der Waals surface area contributed by atoms with Gasteiger partial charge in [0.1, 0.15) is 0 Å². The SMILES string of the molecule is CC(C)=CCNS(=O)(=O)c1ccc(C)c(N)c1. The average molecular weight is 254 g/mol. The van der Waals surface area contributed by atoms with E-state index < -0.39 is 10.0 Å². The number of hydrogen-bond donors (Lipinski definition) is 2. The minimum Gasteiger partial charge on any atom is -0.398 e. The number of benzene rings is 1. The van der Waals surface area contributed by atoms with Crippen molar-refractivity contribution < 1.29 is 8.42 Å². The summed E-state index contributed by atoms with van der Waals surface area (Å²) < 4.78 is 26.3. The molecular weight excluding hydrogens is 236 g/mol. The van der Waals surface area contributed by atoms with Gasteiger partial charge in [-0.25, -0.2) is 13.1 Å². The van der Waals surface area contributed by atoms with E-state index in [1.165, 1.54) is 6.07 Å². The molecule has 0 radical (unpaired) electrons. The zero-order chi connectivity index (χ0) is 13.1. The second kappa shape index (κ2) is 5.33. The Balaban J connectivity index is 2.90. The molecule has 5 heteroatoms. The van der Waals surface area contributed by atoms with Crippen molar-refractivity contribution in [3.8, 4) is 0 Å². The molecule has 0 bridgehead atoms. The standard InChI is InChI=1S/C12H18N2O2S/c1-9(2)6-7-14-17(15,16)11-5-4-10(3)12(13)8-11/h4-6,8,14H,7,13H2,1-3H3. The van der Waals surface area contributed by atoms with Gasteiger partial charge in [0.05, 0.1) is 4.90 Å². The summed E-state index contributed by atoms with van der Waals surface area (Å²) in [4.78, 5) is 0.197. The van der Waals surface area contributed by atoms with Crippen molar-refractivity contribution >= 4 is 15.7 Å². The summed E-state index contributed by atoms with van der Waals surface area (Å²) in [5.41, 5.74) is 8.11. The van der Waals surface area contributed by atoms with Crippen LogP contribution < -0.4 is 10.5 Å². The normalized spacial score (nSPS) is 11.2. The second-order valence-electron chi connectivity index (χ2n) is 4.15. The molecule has 0 saturated carbocycles. The minimum atomic E-state index is -3.47. The molecule has 17 heavy (non-hydrogen) atoms. The minimum absolute atomic E-state index is 0.197. The lowest BCUT2D eigenvalue weighted by Gasteiger charge is -2.07. The fraction of sp³-hybridized carbons (Fsp3) is 0.333. The molecule has 0 atom stereocenters. The van der Waals surface area contributed by atoms with Crippen LogP contribution in [0.2, 0.25) is 0 Å². The first-order valence-electron chi connectivity index (χ1n) is 5.32. The van der Waals surface area contributed by atoms with Crippen LogP contribution in [-0.4, -0.2) is 15.0 Å². The van der Waals surface area contributed by atoms with E-state index in [2.05, 4.69) is 4.72 Å². The fourth-order valence-electron chi connectivity index (χ4n) is 1.22. The summed E-state index contributed by atoms with van der Waals surface area (Å²) >= 11 is 0. The lowest BCUT2D eigenvalue weighted by molar-refractivity contribution is 0.585. The van der Waals surface area contributed by atoms with E-state index in [0.29, 0.717) is 12.2 Å². The number of hydrogen-bond acceptors (Lipinski definition) is 3. The van der Waals surface area contributed by atoms with Crippen LogP contribution in [0.5, 0.6) is 0 Å². The van der Waals surface area contributed by atoms with E-state index in [9.17, 15) is 8.42 Å². The molecule has 0 unspecified atom stereocenters. The van der Waals surface area contributed by atoms with Gasteiger partial charge < -0.3 is 5.73 Å². The molecule has 1 aromatic carbocycles. The Bertz CT molecular complexity index is 529. The van der Waals surface area contributed by atoms with Crippen molar-refractivity contribution in [3.05, 3.63) is 35.4 Å². The largest absolute Gasteiger partial charge is 0.398 e. The third-order valence-electron chi connectivity index (χ3n) is 2.34. The van der Waals surface area contributed by atoms with Gasteiger partial charge in [-0.1, -0.05) is 17.7 Å². The van der Waals surface area contributed by atoms with E-state index in [-0.39, 0.29) is 4.90 Å². The van der Waals surface area contributed by atoms with Gasteiger partial charge in [-0.2, -0.15) is 0 Å². The van der Waals surface area contributed by atoms with Crippen LogP contribution in [-0.2, 0) is 10.0 Å². The molecule has 0 aromatic heterocycles. The van der Waals surface area contributed by atoms with Crippen LogP contribution in [0.25, 0.3) is 0 Å². The third-order valence-corrected chi connectivity index (χ3v) is 3.77. The molecule has 1 rings (SSSR count). The Morgan fingerprint density at radius 3 is 2.59 bits per heavy atom. The van der Waals surface area contributed by atoms with Gasteiger partial charge in [-0.05, 0) is 38.5 Å². The summed E-state index contributed by atoms with van der Waals surface area (Å²) in [6, 6.07) is 4.72. The number of aryl methyl sites for hydroxylation is 1. The number of allylic oxidation sites excluding steroid dienone is 1. The van der Waals surface area contributed by atoms with Gasteiger partial charge in [0.25, 0.3) is 0 Å². The fourth-order valence-corrected chi connectivity index (χ4v) is 2.22. The summed E-state index contributed by atoms with van der Waals surface area (Å²) in [5, 5.41) is 0. The highest BCUT2D eigenvalue weighted by atomic mass is 32.2. The molecule has 0 spiro atoms. The highest BCUT2D eigenvalue weighted by Gasteiger charge is 2.13. The first-order valence-corrected chi connectivity index (χ1v) is 6.80. The maximum atomic E-state index is 11.9. The van der Waals surface area contributed by atoms with Gasteiger partial charge >= 0.3 is 0 Å². The lowest BCUT2D eigenvalue weighted by atomic mass is 10.2. The van der Waals surface area contributed by atoms with Gasteiger partial charge in [0, 0.05) is 12.2 Å². The van der Waals surface area contributed by atoms with Gasteiger partial charge in [0.2, 0.25) is 10.0 Å². The van der Waals surface area contributed by atoms with Crippen molar-refractivity contribution in [2.45, 2.75) is 25.7 Å². The van der Waals surface area contributed by atoms with Crippen molar-refractivity contribution in [1.29, 1.82) is 0 Å². The van der Waals surface area contributed by atoms with Crippen molar-refractivity contribution in [2.75, 3.05) is 12.3 Å². The van der Waals surface area contributed by atoms with Crippen LogP contribution in [0.15, 0.2) is 34.7 Å². The number of anilines is 1. The molecule has 4 nitrogen and oxygen atoms in total. The van der Waals surface area contributed by atoms with Crippen molar-refractivity contribution in [2.24, 2.45) is 0 Å². The first kappa shape index (κ1) is 13.7. The molecule has 0 amide bonds. The summed E-state index contributed by atoms with van der Waals surface area (Å²) in [5.74, 6) is 0. The van der Waals surface area contributed by atoms with Crippen LogP contribution >= 0.6 is 0 Å². The Labute approximate surface area is 103 Å². The second-order valence-corrected chi connectivity index (χ2v) is 5.92. The number of nitrogen functional groups attached to an aromatic ring is 1. The van der Waals surface area contributed by atoms with E-state index in [1.807, 2.05) is 26.8 Å². The van der Waals surface area contributed by atoms with Crippen LogP contribution in [0.1, 0.15) is 19.4 Å². The predicted molar refractivity (Wildman–Crippen MR) is 70.2 cm³/mol. The lowest BCUT2D eigenvalue weighted by Crippen LogP contribution is -2.24. The molecular formula is C12H18N2O2S. The molecule has 0 aliphatic carbocycles. The van der Waals surface area contributed by atoms with Crippen molar-refractivity contribution in [1.82, 2.24) is 4.72 Å². The molecule has 0 fully saturated rings. The average Bonchev–Trinajstić information content (AvgIpc) is 2.21. The quantitative estimate of drug-likeness (QED) is 0.636. The Morgan fingerprint density at radius 1 is 1.41 bits per heavy atom. The predicted octanol–water partition coefficient (Wildman–Crippen LogP) is 1.82. The molecule has 1 aromatic rings. The number of nitrogens with two attached hydrogens (primary N) is 1. The molecule has 0 aliphatic heterocycles. The number of rotatable bonds is 4. The van der Waals surface area contributed by atoms with Crippen molar-refractivity contribution in [3.63, 3.8) is 0 Å². The molecule has 94 valence electrons. The zero-order valence-corrected chi connectivity index (χ0v) is 11.1. The molecule has 0 aliphatic rings. The van der Waals surface area contributed by atoms with E-state index in [4.69, 9.17) is 5.73 Å².